The standard InChI is InChI=1S/C17H21NO/c1-13-7-14(2)9-16(8-13)12-18-11-15-5-4-6-17(10-15)19-3/h4-10,18H,11-12H2,1-3H3. The molecule has 0 aromatic heterocycles. The zero-order valence-electron chi connectivity index (χ0n) is 11.9. The van der Waals surface area contributed by atoms with Gasteiger partial charge in [-0.2, -0.15) is 0 Å². The van der Waals surface area contributed by atoms with E-state index < -0.39 is 0 Å². The smallest absolute Gasteiger partial charge is 0.119 e. The molecule has 0 saturated heterocycles. The molecule has 0 saturated carbocycles. The molecule has 2 aromatic carbocycles. The van der Waals surface area contributed by atoms with E-state index in [1.165, 1.54) is 22.3 Å². The summed E-state index contributed by atoms with van der Waals surface area (Å²) in [5, 5.41) is 3.47. The Kier molecular flexibility index (Phi) is 4.58. The van der Waals surface area contributed by atoms with Gasteiger partial charge < -0.3 is 10.1 Å². The van der Waals surface area contributed by atoms with Crippen molar-refractivity contribution < 1.29 is 4.74 Å². The second-order valence-electron chi connectivity index (χ2n) is 4.95. The fourth-order valence-electron chi connectivity index (χ4n) is 2.30. The van der Waals surface area contributed by atoms with Crippen LogP contribution in [0.2, 0.25) is 0 Å². The maximum atomic E-state index is 5.22. The molecular weight excluding hydrogens is 234 g/mol. The second kappa shape index (κ2) is 6.39. The van der Waals surface area contributed by atoms with Crippen LogP contribution in [-0.2, 0) is 13.1 Å². The van der Waals surface area contributed by atoms with E-state index in [1.807, 2.05) is 12.1 Å². The summed E-state index contributed by atoms with van der Waals surface area (Å²) in [6.45, 7) is 6.01. The molecule has 0 aliphatic rings. The van der Waals surface area contributed by atoms with E-state index in [0.717, 1.165) is 18.8 Å². The lowest BCUT2D eigenvalue weighted by Gasteiger charge is -2.08. The normalized spacial score (nSPS) is 10.5. The van der Waals surface area contributed by atoms with Gasteiger partial charge >= 0.3 is 0 Å². The van der Waals surface area contributed by atoms with Crippen molar-refractivity contribution in [3.05, 3.63) is 64.7 Å². The van der Waals surface area contributed by atoms with Crippen LogP contribution in [0.4, 0.5) is 0 Å². The molecule has 2 heteroatoms. The van der Waals surface area contributed by atoms with Crippen molar-refractivity contribution in [1.29, 1.82) is 0 Å². The molecule has 0 radical (unpaired) electrons. The Bertz CT molecular complexity index is 528. The van der Waals surface area contributed by atoms with E-state index in [4.69, 9.17) is 4.74 Å². The predicted molar refractivity (Wildman–Crippen MR) is 79.5 cm³/mol. The molecule has 19 heavy (non-hydrogen) atoms. The summed E-state index contributed by atoms with van der Waals surface area (Å²) in [6.07, 6.45) is 0. The van der Waals surface area contributed by atoms with Crippen molar-refractivity contribution in [2.24, 2.45) is 0 Å². The average molecular weight is 255 g/mol. The highest BCUT2D eigenvalue weighted by Crippen LogP contribution is 2.13. The molecular formula is C17H21NO. The highest BCUT2D eigenvalue weighted by atomic mass is 16.5. The second-order valence-corrected chi connectivity index (χ2v) is 4.95. The van der Waals surface area contributed by atoms with Crippen molar-refractivity contribution in [2.45, 2.75) is 26.9 Å². The summed E-state index contributed by atoms with van der Waals surface area (Å²) in [5.74, 6) is 0.908. The molecule has 2 aromatic rings. The lowest BCUT2D eigenvalue weighted by molar-refractivity contribution is 0.414. The van der Waals surface area contributed by atoms with E-state index in [0.29, 0.717) is 0 Å². The first-order chi connectivity index (χ1) is 9.17. The first-order valence-corrected chi connectivity index (χ1v) is 6.58. The number of benzene rings is 2. The fourth-order valence-corrected chi connectivity index (χ4v) is 2.30. The quantitative estimate of drug-likeness (QED) is 0.881. The molecule has 0 unspecified atom stereocenters. The molecule has 0 bridgehead atoms. The van der Waals surface area contributed by atoms with Gasteiger partial charge in [0.15, 0.2) is 0 Å². The number of rotatable bonds is 5. The Morgan fingerprint density at radius 1 is 0.895 bits per heavy atom. The summed E-state index contributed by atoms with van der Waals surface area (Å²) >= 11 is 0. The Morgan fingerprint density at radius 3 is 2.26 bits per heavy atom. The summed E-state index contributed by atoms with van der Waals surface area (Å²) < 4.78 is 5.22. The highest BCUT2D eigenvalue weighted by molar-refractivity contribution is 5.30. The van der Waals surface area contributed by atoms with E-state index in [9.17, 15) is 0 Å². The lowest BCUT2D eigenvalue weighted by atomic mass is 10.1. The van der Waals surface area contributed by atoms with Gasteiger partial charge in [-0.05, 0) is 37.1 Å². The van der Waals surface area contributed by atoms with Crippen LogP contribution >= 0.6 is 0 Å². The van der Waals surface area contributed by atoms with Gasteiger partial charge in [-0.1, -0.05) is 41.5 Å². The number of ether oxygens (including phenoxy) is 1. The number of hydrogen-bond donors (Lipinski definition) is 1. The number of hydrogen-bond acceptors (Lipinski definition) is 2. The van der Waals surface area contributed by atoms with Crippen molar-refractivity contribution in [3.63, 3.8) is 0 Å². The summed E-state index contributed by atoms with van der Waals surface area (Å²) in [6, 6.07) is 14.8. The van der Waals surface area contributed by atoms with Crippen LogP contribution in [0.5, 0.6) is 5.75 Å². The Hall–Kier alpha value is -1.80. The van der Waals surface area contributed by atoms with Gasteiger partial charge in [0.1, 0.15) is 5.75 Å². The third-order valence-electron chi connectivity index (χ3n) is 3.07. The van der Waals surface area contributed by atoms with Gasteiger partial charge in [0.25, 0.3) is 0 Å². The van der Waals surface area contributed by atoms with E-state index in [-0.39, 0.29) is 0 Å². The number of aryl methyl sites for hydroxylation is 2. The van der Waals surface area contributed by atoms with Crippen LogP contribution in [0.25, 0.3) is 0 Å². The highest BCUT2D eigenvalue weighted by Gasteiger charge is 1.98. The number of methoxy groups -OCH3 is 1. The predicted octanol–water partition coefficient (Wildman–Crippen LogP) is 3.60. The third-order valence-corrected chi connectivity index (χ3v) is 3.07. The first kappa shape index (κ1) is 13.6. The zero-order valence-corrected chi connectivity index (χ0v) is 11.9. The minimum Gasteiger partial charge on any atom is -0.497 e. The van der Waals surface area contributed by atoms with Crippen LogP contribution in [0.15, 0.2) is 42.5 Å². The van der Waals surface area contributed by atoms with Gasteiger partial charge in [0.05, 0.1) is 7.11 Å². The molecule has 0 heterocycles. The summed E-state index contributed by atoms with van der Waals surface area (Å²) in [7, 11) is 1.70. The van der Waals surface area contributed by atoms with Crippen molar-refractivity contribution in [3.8, 4) is 5.75 Å². The van der Waals surface area contributed by atoms with Gasteiger partial charge in [0.2, 0.25) is 0 Å². The first-order valence-electron chi connectivity index (χ1n) is 6.58. The third kappa shape index (κ3) is 4.11. The van der Waals surface area contributed by atoms with Gasteiger partial charge in [-0.25, -0.2) is 0 Å². The van der Waals surface area contributed by atoms with Crippen LogP contribution in [0, 0.1) is 13.8 Å². The van der Waals surface area contributed by atoms with Crippen LogP contribution in [0.3, 0.4) is 0 Å². The molecule has 0 aliphatic carbocycles. The van der Waals surface area contributed by atoms with Crippen LogP contribution < -0.4 is 10.1 Å². The fraction of sp³-hybridized carbons (Fsp3) is 0.294. The molecule has 0 atom stereocenters. The Morgan fingerprint density at radius 2 is 1.58 bits per heavy atom. The van der Waals surface area contributed by atoms with Gasteiger partial charge in [0, 0.05) is 13.1 Å². The van der Waals surface area contributed by atoms with Crippen molar-refractivity contribution >= 4 is 0 Å². The molecule has 100 valence electrons. The largest absolute Gasteiger partial charge is 0.497 e. The zero-order chi connectivity index (χ0) is 13.7. The van der Waals surface area contributed by atoms with Crippen LogP contribution in [0.1, 0.15) is 22.3 Å². The van der Waals surface area contributed by atoms with E-state index >= 15 is 0 Å². The minimum absolute atomic E-state index is 0.851. The topological polar surface area (TPSA) is 21.3 Å². The molecule has 0 aliphatic heterocycles. The number of nitrogens with one attached hydrogen (secondary N) is 1. The Balaban J connectivity index is 1.92. The van der Waals surface area contributed by atoms with Crippen molar-refractivity contribution in [1.82, 2.24) is 5.32 Å². The Labute approximate surface area is 115 Å². The van der Waals surface area contributed by atoms with Crippen LogP contribution in [-0.4, -0.2) is 7.11 Å². The SMILES string of the molecule is COc1cccc(CNCc2cc(C)cc(C)c2)c1. The summed E-state index contributed by atoms with van der Waals surface area (Å²) in [5.41, 5.74) is 5.21. The molecule has 0 fully saturated rings. The van der Waals surface area contributed by atoms with Gasteiger partial charge in [-0.15, -0.1) is 0 Å². The van der Waals surface area contributed by atoms with Crippen molar-refractivity contribution in [2.75, 3.05) is 7.11 Å². The van der Waals surface area contributed by atoms with E-state index in [2.05, 4.69) is 49.5 Å². The molecule has 0 spiro atoms. The minimum atomic E-state index is 0.851. The summed E-state index contributed by atoms with van der Waals surface area (Å²) in [4.78, 5) is 0. The molecule has 2 nitrogen and oxygen atoms in total. The lowest BCUT2D eigenvalue weighted by Crippen LogP contribution is -2.12. The maximum absolute atomic E-state index is 5.22. The average Bonchev–Trinajstić information content (AvgIpc) is 2.38. The molecule has 2 rings (SSSR count). The monoisotopic (exact) mass is 255 g/mol. The molecule has 1 N–H and O–H groups in total. The molecule has 0 amide bonds. The maximum Gasteiger partial charge on any atom is 0.119 e. The van der Waals surface area contributed by atoms with E-state index in [1.54, 1.807) is 7.11 Å². The van der Waals surface area contributed by atoms with Gasteiger partial charge in [-0.3, -0.25) is 0 Å².